The minimum atomic E-state index is -0.573. The lowest BCUT2D eigenvalue weighted by Gasteiger charge is -2.19. The van der Waals surface area contributed by atoms with E-state index in [-0.39, 0.29) is 12.3 Å². The third-order valence-corrected chi connectivity index (χ3v) is 4.90. The molecule has 2 aromatic rings. The summed E-state index contributed by atoms with van der Waals surface area (Å²) in [5.74, 6) is 0.367. The van der Waals surface area contributed by atoms with Gasteiger partial charge in [-0.2, -0.15) is 0 Å². The first kappa shape index (κ1) is 19.7. The zero-order valence-electron chi connectivity index (χ0n) is 15.4. The Bertz CT molecular complexity index is 803. The van der Waals surface area contributed by atoms with E-state index >= 15 is 0 Å². The molecule has 0 bridgehead atoms. The smallest absolute Gasteiger partial charge is 0.307 e. The van der Waals surface area contributed by atoms with E-state index < -0.39 is 12.0 Å². The SMILES string of the molecule is COC(=O)CC(NC(=O)c1sc(C)nc1C)c1ccc(OC)c(OC)c1. The van der Waals surface area contributed by atoms with Crippen LogP contribution in [0.4, 0.5) is 0 Å². The zero-order valence-corrected chi connectivity index (χ0v) is 16.2. The van der Waals surface area contributed by atoms with Crippen molar-refractivity contribution >= 4 is 23.2 Å². The van der Waals surface area contributed by atoms with E-state index in [1.807, 2.05) is 6.92 Å². The van der Waals surface area contributed by atoms with Crippen molar-refractivity contribution in [2.75, 3.05) is 21.3 Å². The zero-order chi connectivity index (χ0) is 19.3. The summed E-state index contributed by atoms with van der Waals surface area (Å²) in [5, 5.41) is 3.70. The molecule has 2 rings (SSSR count). The summed E-state index contributed by atoms with van der Waals surface area (Å²) in [4.78, 5) is 29.3. The number of aromatic nitrogens is 1. The first-order valence-corrected chi connectivity index (χ1v) is 8.74. The molecule has 0 spiro atoms. The molecule has 0 saturated heterocycles. The third-order valence-electron chi connectivity index (χ3n) is 3.82. The summed E-state index contributed by atoms with van der Waals surface area (Å²) in [6.45, 7) is 3.62. The molecule has 1 atom stereocenters. The predicted octanol–water partition coefficient (Wildman–Crippen LogP) is 2.81. The van der Waals surface area contributed by atoms with E-state index in [2.05, 4.69) is 10.3 Å². The number of methoxy groups -OCH3 is 3. The molecule has 0 aliphatic heterocycles. The summed E-state index contributed by atoms with van der Waals surface area (Å²) < 4.78 is 15.3. The van der Waals surface area contributed by atoms with Gasteiger partial charge in [-0.1, -0.05) is 6.07 Å². The van der Waals surface area contributed by atoms with Gasteiger partial charge in [0.1, 0.15) is 4.88 Å². The molecule has 0 saturated carbocycles. The molecule has 26 heavy (non-hydrogen) atoms. The number of hydrogen-bond acceptors (Lipinski definition) is 7. The second kappa shape index (κ2) is 8.66. The van der Waals surface area contributed by atoms with Crippen molar-refractivity contribution in [3.8, 4) is 11.5 Å². The number of carbonyl (C=O) groups is 2. The van der Waals surface area contributed by atoms with Crippen LogP contribution in [0.5, 0.6) is 11.5 Å². The number of nitrogens with one attached hydrogen (secondary N) is 1. The van der Waals surface area contributed by atoms with Gasteiger partial charge in [-0.05, 0) is 31.5 Å². The average molecular weight is 378 g/mol. The van der Waals surface area contributed by atoms with E-state index in [1.165, 1.54) is 25.6 Å². The maximum absolute atomic E-state index is 12.7. The van der Waals surface area contributed by atoms with Crippen LogP contribution < -0.4 is 14.8 Å². The van der Waals surface area contributed by atoms with Crippen LogP contribution in [0.1, 0.15) is 38.4 Å². The number of hydrogen-bond donors (Lipinski definition) is 1. The standard InChI is InChI=1S/C18H22N2O5S/c1-10-17(26-11(2)19-10)18(22)20-13(9-16(21)25-5)12-6-7-14(23-3)15(8-12)24-4/h6-8,13H,9H2,1-5H3,(H,20,22). The highest BCUT2D eigenvalue weighted by Crippen LogP contribution is 2.31. The van der Waals surface area contributed by atoms with Gasteiger partial charge >= 0.3 is 5.97 Å². The monoisotopic (exact) mass is 378 g/mol. The third kappa shape index (κ3) is 4.51. The van der Waals surface area contributed by atoms with Gasteiger partial charge in [0.25, 0.3) is 5.91 Å². The number of aryl methyl sites for hydroxylation is 2. The lowest BCUT2D eigenvalue weighted by Crippen LogP contribution is -2.30. The number of nitrogens with zero attached hydrogens (tertiary/aromatic N) is 1. The molecule has 0 radical (unpaired) electrons. The summed E-state index contributed by atoms with van der Waals surface area (Å²) in [5.41, 5.74) is 1.37. The van der Waals surface area contributed by atoms with Gasteiger partial charge in [-0.3, -0.25) is 9.59 Å². The molecule has 8 heteroatoms. The Balaban J connectivity index is 2.33. The summed E-state index contributed by atoms with van der Waals surface area (Å²) in [6, 6.07) is 4.67. The van der Waals surface area contributed by atoms with Crippen molar-refractivity contribution in [2.24, 2.45) is 0 Å². The lowest BCUT2D eigenvalue weighted by molar-refractivity contribution is -0.141. The van der Waals surface area contributed by atoms with Gasteiger partial charge in [0.2, 0.25) is 0 Å². The van der Waals surface area contributed by atoms with Crippen molar-refractivity contribution in [2.45, 2.75) is 26.3 Å². The molecule has 1 aromatic carbocycles. The Morgan fingerprint density at radius 2 is 1.85 bits per heavy atom. The molecule has 0 aliphatic rings. The molecule has 0 aliphatic carbocycles. The fraction of sp³-hybridized carbons (Fsp3) is 0.389. The Hall–Kier alpha value is -2.61. The Morgan fingerprint density at radius 1 is 1.15 bits per heavy atom. The fourth-order valence-electron chi connectivity index (χ4n) is 2.54. The van der Waals surface area contributed by atoms with Gasteiger partial charge in [0, 0.05) is 0 Å². The van der Waals surface area contributed by atoms with Crippen LogP contribution in [0.3, 0.4) is 0 Å². The topological polar surface area (TPSA) is 86.8 Å². The van der Waals surface area contributed by atoms with Gasteiger partial charge in [-0.15, -0.1) is 11.3 Å². The Labute approximate surface area is 156 Å². The van der Waals surface area contributed by atoms with Crippen LogP contribution in [0, 0.1) is 13.8 Å². The van der Waals surface area contributed by atoms with Gasteiger partial charge in [0.15, 0.2) is 11.5 Å². The van der Waals surface area contributed by atoms with Crippen molar-refractivity contribution in [1.82, 2.24) is 10.3 Å². The number of benzene rings is 1. The molecule has 0 fully saturated rings. The van der Waals surface area contributed by atoms with Gasteiger partial charge < -0.3 is 19.5 Å². The molecule has 1 aromatic heterocycles. The molecule has 7 nitrogen and oxygen atoms in total. The minimum absolute atomic E-state index is 0.00540. The van der Waals surface area contributed by atoms with E-state index in [1.54, 1.807) is 32.2 Å². The number of ether oxygens (including phenoxy) is 3. The highest BCUT2D eigenvalue weighted by molar-refractivity contribution is 7.13. The van der Waals surface area contributed by atoms with Crippen molar-refractivity contribution in [1.29, 1.82) is 0 Å². The first-order valence-electron chi connectivity index (χ1n) is 7.93. The second-order valence-corrected chi connectivity index (χ2v) is 6.77. The maximum atomic E-state index is 12.7. The molecule has 1 unspecified atom stereocenters. The number of esters is 1. The Kier molecular flexibility index (Phi) is 6.57. The van der Waals surface area contributed by atoms with Crippen molar-refractivity contribution < 1.29 is 23.8 Å². The fourth-order valence-corrected chi connectivity index (χ4v) is 3.36. The molecule has 140 valence electrons. The Morgan fingerprint density at radius 3 is 2.38 bits per heavy atom. The maximum Gasteiger partial charge on any atom is 0.307 e. The van der Waals surface area contributed by atoms with Crippen LogP contribution in [0.2, 0.25) is 0 Å². The van der Waals surface area contributed by atoms with Gasteiger partial charge in [-0.25, -0.2) is 4.98 Å². The molecule has 1 amide bonds. The predicted molar refractivity (Wildman–Crippen MR) is 98.0 cm³/mol. The lowest BCUT2D eigenvalue weighted by atomic mass is 10.0. The number of carbonyl (C=O) groups excluding carboxylic acids is 2. The van der Waals surface area contributed by atoms with Crippen LogP contribution >= 0.6 is 11.3 Å². The number of thiazole rings is 1. The quantitative estimate of drug-likeness (QED) is 0.746. The second-order valence-electron chi connectivity index (χ2n) is 5.57. The van der Waals surface area contributed by atoms with E-state index in [0.29, 0.717) is 27.6 Å². The molecular formula is C18H22N2O5S. The van der Waals surface area contributed by atoms with Crippen LogP contribution in [-0.2, 0) is 9.53 Å². The van der Waals surface area contributed by atoms with Crippen molar-refractivity contribution in [3.05, 3.63) is 39.3 Å². The largest absolute Gasteiger partial charge is 0.493 e. The summed E-state index contributed by atoms with van der Waals surface area (Å²) in [6.07, 6.45) is -0.00540. The first-order chi connectivity index (χ1) is 12.4. The van der Waals surface area contributed by atoms with E-state index in [0.717, 1.165) is 5.01 Å². The van der Waals surface area contributed by atoms with Crippen LogP contribution in [-0.4, -0.2) is 38.2 Å². The van der Waals surface area contributed by atoms with Gasteiger partial charge in [0.05, 0.1) is 44.5 Å². The number of amides is 1. The minimum Gasteiger partial charge on any atom is -0.493 e. The van der Waals surface area contributed by atoms with Crippen LogP contribution in [0.25, 0.3) is 0 Å². The van der Waals surface area contributed by atoms with Crippen molar-refractivity contribution in [3.63, 3.8) is 0 Å². The molecule has 1 heterocycles. The highest BCUT2D eigenvalue weighted by atomic mass is 32.1. The molecule has 1 N–H and O–H groups in total. The highest BCUT2D eigenvalue weighted by Gasteiger charge is 2.23. The number of rotatable bonds is 7. The van der Waals surface area contributed by atoms with Crippen LogP contribution in [0.15, 0.2) is 18.2 Å². The van der Waals surface area contributed by atoms with E-state index in [9.17, 15) is 9.59 Å². The average Bonchev–Trinajstić information content (AvgIpc) is 2.98. The summed E-state index contributed by atoms with van der Waals surface area (Å²) in [7, 11) is 4.38. The normalized spacial score (nSPS) is 11.6. The van der Waals surface area contributed by atoms with E-state index in [4.69, 9.17) is 14.2 Å². The molecular weight excluding hydrogens is 356 g/mol. The summed E-state index contributed by atoms with van der Waals surface area (Å²) >= 11 is 1.31.